The monoisotopic (exact) mass is 600 g/mol. The molecule has 3 aliphatic carbocycles. The van der Waals surface area contributed by atoms with Gasteiger partial charge in [-0.25, -0.2) is 0 Å². The van der Waals surface area contributed by atoms with Gasteiger partial charge in [-0.05, 0) is 103 Å². The second kappa shape index (κ2) is 10.6. The van der Waals surface area contributed by atoms with E-state index < -0.39 is 38.8 Å². The van der Waals surface area contributed by atoms with Gasteiger partial charge < -0.3 is 19.7 Å². The molecule has 44 heavy (non-hydrogen) atoms. The highest BCUT2D eigenvalue weighted by Gasteiger charge is 2.77. The quantitative estimate of drug-likeness (QED) is 0.227. The van der Waals surface area contributed by atoms with Crippen LogP contribution < -0.4 is 5.43 Å². The van der Waals surface area contributed by atoms with E-state index in [2.05, 4.69) is 60.3 Å². The molecule has 2 saturated carbocycles. The zero-order chi connectivity index (χ0) is 32.6. The van der Waals surface area contributed by atoms with Gasteiger partial charge in [0.2, 0.25) is 5.75 Å². The lowest BCUT2D eigenvalue weighted by Crippen LogP contribution is -2.73. The number of benzene rings is 1. The van der Waals surface area contributed by atoms with Crippen molar-refractivity contribution in [2.24, 2.45) is 22.7 Å². The summed E-state index contributed by atoms with van der Waals surface area (Å²) in [6.07, 6.45) is 8.99. The topological polar surface area (TPSA) is 108 Å². The number of fused-ring (bicyclic) bond motifs is 5. The highest BCUT2D eigenvalue weighted by Crippen LogP contribution is 2.72. The van der Waals surface area contributed by atoms with E-state index in [-0.39, 0.29) is 52.8 Å². The van der Waals surface area contributed by atoms with Crippen molar-refractivity contribution < 1.29 is 24.5 Å². The van der Waals surface area contributed by atoms with Gasteiger partial charge in [-0.15, -0.1) is 0 Å². The van der Waals surface area contributed by atoms with Crippen LogP contribution in [0.5, 0.6) is 11.5 Å². The number of Topliss-reactive ketones (excluding diaryl/α,β-unsaturated/α-hetero) is 1. The first-order chi connectivity index (χ1) is 20.4. The molecule has 5 atom stereocenters. The van der Waals surface area contributed by atoms with Crippen LogP contribution >= 0.6 is 0 Å². The van der Waals surface area contributed by atoms with E-state index in [1.807, 2.05) is 19.9 Å². The number of phenolic OH excluding ortho intramolecular Hbond substituents is 2. The van der Waals surface area contributed by atoms with Gasteiger partial charge in [0.05, 0.1) is 21.8 Å². The first-order valence-electron chi connectivity index (χ1n) is 15.8. The summed E-state index contributed by atoms with van der Waals surface area (Å²) in [7, 11) is 0. The first-order valence-corrected chi connectivity index (χ1v) is 15.8. The maximum Gasteiger partial charge on any atom is 0.201 e. The summed E-state index contributed by atoms with van der Waals surface area (Å²) in [4.78, 5) is 30.3. The van der Waals surface area contributed by atoms with Crippen LogP contribution in [0.3, 0.4) is 0 Å². The molecule has 5 rings (SSSR count). The summed E-state index contributed by atoms with van der Waals surface area (Å²) >= 11 is 0. The highest BCUT2D eigenvalue weighted by atomic mass is 16.4. The summed E-state index contributed by atoms with van der Waals surface area (Å²) < 4.78 is 6.56. The Hall–Kier alpha value is -3.38. The third-order valence-corrected chi connectivity index (χ3v) is 11.2. The standard InChI is InChI=1S/C38H48O6/c1-21(2)10-12-25-19-36-20-26(13-11-22(3)4)35(8,9)37(34(36)42,17-16-23(5)6)33-29(38(36,43)18-24(25)7)30(40)27-14-15-28(39)31(41)32(27)44-33/h10-11,14-16,25-26,39,41,43H,7,12-13,17-20H2,1-6,8-9H3/t25-,26-,36+,37-,38+/m0/s1. The van der Waals surface area contributed by atoms with Gasteiger partial charge in [-0.2, -0.15) is 0 Å². The van der Waals surface area contributed by atoms with E-state index in [1.54, 1.807) is 0 Å². The molecule has 0 unspecified atom stereocenters. The maximum atomic E-state index is 15.6. The molecular formula is C38H48O6. The van der Waals surface area contributed by atoms with Crippen LogP contribution in [-0.4, -0.2) is 21.1 Å². The molecular weight excluding hydrogens is 552 g/mol. The average molecular weight is 601 g/mol. The predicted molar refractivity (Wildman–Crippen MR) is 175 cm³/mol. The first kappa shape index (κ1) is 32.0. The zero-order valence-corrected chi connectivity index (χ0v) is 27.6. The summed E-state index contributed by atoms with van der Waals surface area (Å²) in [6, 6.07) is 2.67. The number of allylic oxidation sites excluding steroid dienone is 6. The molecule has 236 valence electrons. The number of hydrogen-bond acceptors (Lipinski definition) is 6. The normalized spacial score (nSPS) is 30.3. The lowest BCUT2D eigenvalue weighted by Gasteiger charge is -2.67. The van der Waals surface area contributed by atoms with Gasteiger partial charge in [-0.3, -0.25) is 9.59 Å². The Morgan fingerprint density at radius 3 is 2.18 bits per heavy atom. The lowest BCUT2D eigenvalue weighted by molar-refractivity contribution is -0.203. The lowest BCUT2D eigenvalue weighted by atomic mass is 9.35. The Morgan fingerprint density at radius 2 is 1.57 bits per heavy atom. The van der Waals surface area contributed by atoms with Crippen molar-refractivity contribution in [3.05, 3.63) is 80.8 Å². The molecule has 6 heteroatoms. The van der Waals surface area contributed by atoms with E-state index in [0.717, 1.165) is 11.1 Å². The number of rotatable bonds is 6. The number of carbonyl (C=O) groups is 1. The molecule has 3 N–H and O–H groups in total. The van der Waals surface area contributed by atoms with Crippen LogP contribution in [0.2, 0.25) is 0 Å². The van der Waals surface area contributed by atoms with Gasteiger partial charge in [0.1, 0.15) is 11.4 Å². The van der Waals surface area contributed by atoms with Crippen LogP contribution in [0, 0.1) is 22.7 Å². The fourth-order valence-electron chi connectivity index (χ4n) is 8.55. The summed E-state index contributed by atoms with van der Waals surface area (Å²) in [6.45, 7) is 20.7. The molecule has 1 aromatic carbocycles. The van der Waals surface area contributed by atoms with Crippen LogP contribution in [0.15, 0.2) is 68.4 Å². The van der Waals surface area contributed by atoms with Crippen molar-refractivity contribution in [1.82, 2.24) is 0 Å². The molecule has 0 amide bonds. The smallest absolute Gasteiger partial charge is 0.201 e. The molecule has 1 spiro atoms. The summed E-state index contributed by atoms with van der Waals surface area (Å²) in [5, 5.41) is 34.5. The minimum absolute atomic E-state index is 0.0318. The van der Waals surface area contributed by atoms with Crippen molar-refractivity contribution in [3.63, 3.8) is 0 Å². The number of aliphatic hydroxyl groups is 1. The average Bonchev–Trinajstić information content (AvgIpc) is 2.92. The zero-order valence-electron chi connectivity index (χ0n) is 27.6. The summed E-state index contributed by atoms with van der Waals surface area (Å²) in [5.74, 6) is -1.04. The van der Waals surface area contributed by atoms with E-state index in [0.29, 0.717) is 25.7 Å². The van der Waals surface area contributed by atoms with Crippen molar-refractivity contribution >= 4 is 16.8 Å². The van der Waals surface area contributed by atoms with Crippen molar-refractivity contribution in [1.29, 1.82) is 0 Å². The number of hydrogen-bond donors (Lipinski definition) is 3. The molecule has 2 fully saturated rings. The molecule has 3 aliphatic rings. The molecule has 1 heterocycles. The largest absolute Gasteiger partial charge is 0.504 e. The Balaban J connectivity index is 1.96. The highest BCUT2D eigenvalue weighted by molar-refractivity contribution is 6.01. The third kappa shape index (κ3) is 4.31. The Bertz CT molecular complexity index is 1700. The fourth-order valence-corrected chi connectivity index (χ4v) is 8.55. The van der Waals surface area contributed by atoms with Crippen molar-refractivity contribution in [2.45, 2.75) is 105 Å². The van der Waals surface area contributed by atoms with Crippen molar-refractivity contribution in [3.8, 4) is 11.5 Å². The molecule has 0 radical (unpaired) electrons. The second-order valence-electron chi connectivity index (χ2n) is 15.0. The Labute approximate surface area is 260 Å². The van der Waals surface area contributed by atoms with Crippen LogP contribution in [0.4, 0.5) is 0 Å². The van der Waals surface area contributed by atoms with Crippen molar-refractivity contribution in [2.75, 3.05) is 0 Å². The van der Waals surface area contributed by atoms with E-state index in [1.165, 1.54) is 23.3 Å². The maximum absolute atomic E-state index is 15.6. The SMILES string of the molecule is C=C1C[C@@]2(O)c3c(oc4c(O)c(O)ccc4c3=O)[C@@]3(CC=C(C)C)C(=O)[C@@]2(C[C@@H]1CC=C(C)C)C[C@H](CC=C(C)C)C3(C)C. The minimum atomic E-state index is -1.84. The number of aromatic hydroxyl groups is 2. The van der Waals surface area contributed by atoms with Gasteiger partial charge in [-0.1, -0.05) is 60.9 Å². The number of ketones is 1. The van der Waals surface area contributed by atoms with Gasteiger partial charge in [0.15, 0.2) is 22.5 Å². The number of carbonyl (C=O) groups excluding carboxylic acids is 1. The van der Waals surface area contributed by atoms with Crippen LogP contribution in [0.1, 0.15) is 105 Å². The van der Waals surface area contributed by atoms with E-state index in [4.69, 9.17) is 4.42 Å². The molecule has 1 aromatic heterocycles. The van der Waals surface area contributed by atoms with Gasteiger partial charge in [0.25, 0.3) is 0 Å². The molecule has 2 bridgehead atoms. The number of phenols is 2. The fraction of sp³-hybridized carbons (Fsp3) is 0.526. The van der Waals surface area contributed by atoms with Crippen LogP contribution in [-0.2, 0) is 15.8 Å². The van der Waals surface area contributed by atoms with E-state index in [9.17, 15) is 20.1 Å². The predicted octanol–water partition coefficient (Wildman–Crippen LogP) is 8.28. The molecule has 6 nitrogen and oxygen atoms in total. The Kier molecular flexibility index (Phi) is 7.72. The van der Waals surface area contributed by atoms with E-state index >= 15 is 4.79 Å². The van der Waals surface area contributed by atoms with Gasteiger partial charge >= 0.3 is 0 Å². The Morgan fingerprint density at radius 1 is 0.955 bits per heavy atom. The molecule has 2 aromatic rings. The van der Waals surface area contributed by atoms with Gasteiger partial charge in [0, 0.05) is 6.42 Å². The molecule has 0 saturated heterocycles. The second-order valence-corrected chi connectivity index (χ2v) is 15.0. The minimum Gasteiger partial charge on any atom is -0.504 e. The third-order valence-electron chi connectivity index (χ3n) is 11.2. The van der Waals surface area contributed by atoms with Crippen LogP contribution in [0.25, 0.3) is 11.0 Å². The molecule has 0 aliphatic heterocycles. The summed E-state index contributed by atoms with van der Waals surface area (Å²) in [5.41, 5.74) is -1.47.